The van der Waals surface area contributed by atoms with Crippen LogP contribution in [0.4, 0.5) is 0 Å². The lowest BCUT2D eigenvalue weighted by Gasteiger charge is -2.14. The molecule has 0 spiro atoms. The van der Waals surface area contributed by atoms with Gasteiger partial charge in [-0.2, -0.15) is 0 Å². The molecule has 0 rings (SSSR count). The topological polar surface area (TPSA) is 23.9 Å². The van der Waals surface area contributed by atoms with Crippen LogP contribution in [0.2, 0.25) is 0 Å². The van der Waals surface area contributed by atoms with E-state index in [1.165, 1.54) is 0 Å². The lowest BCUT2D eigenvalue weighted by atomic mass is 10.8. The summed E-state index contributed by atoms with van der Waals surface area (Å²) in [5.74, 6) is 0. The van der Waals surface area contributed by atoms with Crippen molar-refractivity contribution in [3.05, 3.63) is 0 Å². The van der Waals surface area contributed by atoms with Crippen molar-refractivity contribution in [2.24, 2.45) is 0 Å². The molecule has 0 amide bonds. The predicted octanol–water partition coefficient (Wildman–Crippen LogP) is 0.990. The first kappa shape index (κ1) is 10.7. The van der Waals surface area contributed by atoms with Gasteiger partial charge < -0.3 is 4.48 Å². The molecule has 0 radical (unpaired) electrons. The third-order valence-electron chi connectivity index (χ3n) is 0. The molecule has 0 aliphatic heterocycles. The minimum atomic E-state index is 1.00. The smallest absolute Gasteiger partial charge is 0.0675 e. The Kier molecular flexibility index (Phi) is 6.56. The van der Waals surface area contributed by atoms with Crippen LogP contribution in [-0.4, -0.2) is 37.8 Å². The van der Waals surface area contributed by atoms with Crippen molar-refractivity contribution < 1.29 is 4.48 Å². The van der Waals surface area contributed by atoms with Crippen molar-refractivity contribution >= 4 is 17.4 Å². The summed E-state index contributed by atoms with van der Waals surface area (Å²) in [4.78, 5) is 0. The van der Waals surface area contributed by atoms with Gasteiger partial charge in [0.25, 0.3) is 0 Å². The molecule has 3 heteroatoms. The van der Waals surface area contributed by atoms with Gasteiger partial charge in [-0.25, -0.2) is 5.41 Å². The highest BCUT2D eigenvalue weighted by Crippen LogP contribution is 1.73. The van der Waals surface area contributed by atoms with Gasteiger partial charge >= 0.3 is 0 Å². The maximum Gasteiger partial charge on any atom is 0.0675 e. The summed E-state index contributed by atoms with van der Waals surface area (Å²) in [7, 11) is 8.50. The zero-order valence-electron chi connectivity index (χ0n) is 5.86. The molecule has 48 valence electrons. The third kappa shape index (κ3) is 2270. The van der Waals surface area contributed by atoms with Crippen molar-refractivity contribution in [1.82, 2.24) is 0 Å². The molecule has 0 atom stereocenters. The zero-order valence-corrected chi connectivity index (χ0v) is 6.67. The molecule has 1 N–H and O–H groups in total. The fourth-order valence-electron chi connectivity index (χ4n) is 0. The fraction of sp³-hybridized carbons (Fsp3) is 0.800. The van der Waals surface area contributed by atoms with E-state index in [9.17, 15) is 0 Å². The third-order valence-corrected chi connectivity index (χ3v) is 0. The van der Waals surface area contributed by atoms with Crippen LogP contribution in [0.1, 0.15) is 0 Å². The Bertz CT molecular complexity index is 70.9. The highest BCUT2D eigenvalue weighted by atomic mass is 32.1. The summed E-state index contributed by atoms with van der Waals surface area (Å²) in [6.07, 6.45) is 0. The van der Waals surface area contributed by atoms with Gasteiger partial charge in [0.2, 0.25) is 0 Å². The van der Waals surface area contributed by atoms with E-state index >= 15 is 0 Å². The van der Waals surface area contributed by atoms with Crippen LogP contribution < -0.4 is 0 Å². The predicted molar refractivity (Wildman–Crippen MR) is 39.3 cm³/mol. The van der Waals surface area contributed by atoms with Crippen LogP contribution >= 0.6 is 12.2 Å². The van der Waals surface area contributed by atoms with Gasteiger partial charge in [0.15, 0.2) is 0 Å². The van der Waals surface area contributed by atoms with E-state index in [0.717, 1.165) is 4.48 Å². The van der Waals surface area contributed by atoms with Crippen molar-refractivity contribution in [3.63, 3.8) is 0 Å². The number of rotatable bonds is 0. The number of hydrogen-bond donors (Lipinski definition) is 1. The van der Waals surface area contributed by atoms with Gasteiger partial charge in [0.1, 0.15) is 0 Å². The first-order chi connectivity index (χ1) is 3.41. The van der Waals surface area contributed by atoms with Crippen molar-refractivity contribution in [1.29, 1.82) is 5.41 Å². The monoisotopic (exact) mass is 133 g/mol. The fourth-order valence-corrected chi connectivity index (χ4v) is 0. The Labute approximate surface area is 56.2 Å². The highest BCUT2D eigenvalue weighted by molar-refractivity contribution is 7.78. The first-order valence-corrected chi connectivity index (χ1v) is 2.65. The quantitative estimate of drug-likeness (QED) is 0.297. The lowest BCUT2D eigenvalue weighted by molar-refractivity contribution is -0.849. The summed E-state index contributed by atoms with van der Waals surface area (Å²) in [5.41, 5.74) is 0. The Morgan fingerprint density at radius 2 is 1.25 bits per heavy atom. The first-order valence-electron chi connectivity index (χ1n) is 2.24. The van der Waals surface area contributed by atoms with Gasteiger partial charge in [-0.3, -0.25) is 0 Å². The average molecular weight is 133 g/mol. The summed E-state index contributed by atoms with van der Waals surface area (Å²) in [6, 6.07) is 0. The summed E-state index contributed by atoms with van der Waals surface area (Å²) >= 11 is 3.81. The van der Waals surface area contributed by atoms with Crippen LogP contribution in [0.3, 0.4) is 0 Å². The van der Waals surface area contributed by atoms with E-state index in [1.54, 1.807) is 5.16 Å². The van der Waals surface area contributed by atoms with Crippen LogP contribution in [-0.2, 0) is 0 Å². The van der Waals surface area contributed by atoms with Crippen LogP contribution in [0.15, 0.2) is 0 Å². The van der Waals surface area contributed by atoms with Gasteiger partial charge in [-0.1, -0.05) is 0 Å². The van der Waals surface area contributed by atoms with E-state index in [0.29, 0.717) is 0 Å². The average Bonchev–Trinajstić information content (AvgIpc) is 1.27. The van der Waals surface area contributed by atoms with E-state index < -0.39 is 0 Å². The van der Waals surface area contributed by atoms with E-state index in [1.807, 2.05) is 0 Å². The summed E-state index contributed by atoms with van der Waals surface area (Å²) in [6.45, 7) is 0. The van der Waals surface area contributed by atoms with E-state index in [2.05, 4.69) is 40.4 Å². The molecule has 0 bridgehead atoms. The molecule has 8 heavy (non-hydrogen) atoms. The molecule has 0 saturated carbocycles. The van der Waals surface area contributed by atoms with Crippen LogP contribution in [0.25, 0.3) is 0 Å². The minimum absolute atomic E-state index is 1.00. The van der Waals surface area contributed by atoms with Crippen molar-refractivity contribution in [2.45, 2.75) is 0 Å². The second-order valence-electron chi connectivity index (χ2n) is 2.79. The standard InChI is InChI=1S/C4H12N.CHNS/c1-5(2,3)4;2-1-3/h1-4H3;2H/q+1;. The molecule has 0 aromatic carbocycles. The summed E-state index contributed by atoms with van der Waals surface area (Å²) < 4.78 is 1.00. The number of thiocarbonyl (C=S) groups is 1. The molecule has 0 aromatic heterocycles. The van der Waals surface area contributed by atoms with Gasteiger partial charge in [0.05, 0.1) is 33.4 Å². The SMILES string of the molecule is C[N+](C)(C)C.N=C=S. The Morgan fingerprint density at radius 3 is 1.25 bits per heavy atom. The molecule has 0 unspecified atom stereocenters. The van der Waals surface area contributed by atoms with Crippen molar-refractivity contribution in [3.8, 4) is 0 Å². The normalized spacial score (nSPS) is 8.50. The molecule has 0 aliphatic carbocycles. The number of isothiocyanates is 1. The Hall–Kier alpha value is -0.240. The van der Waals surface area contributed by atoms with Crippen molar-refractivity contribution in [2.75, 3.05) is 28.2 Å². The molecule has 0 aliphatic rings. The minimum Gasteiger partial charge on any atom is -0.333 e. The van der Waals surface area contributed by atoms with Crippen LogP contribution in [0.5, 0.6) is 0 Å². The molecule has 2 nitrogen and oxygen atoms in total. The van der Waals surface area contributed by atoms with Gasteiger partial charge in [-0.05, 0) is 12.2 Å². The maximum atomic E-state index is 5.77. The van der Waals surface area contributed by atoms with Crippen LogP contribution in [0, 0.1) is 5.41 Å². The number of hydrogen-bond acceptors (Lipinski definition) is 2. The lowest BCUT2D eigenvalue weighted by Crippen LogP contribution is -2.27. The molecular formula is C5H13N2S+. The summed E-state index contributed by atoms with van der Waals surface area (Å²) in [5, 5.41) is 7.36. The van der Waals surface area contributed by atoms with E-state index in [4.69, 9.17) is 5.41 Å². The molecule has 0 heterocycles. The maximum absolute atomic E-state index is 5.77. The van der Waals surface area contributed by atoms with Gasteiger partial charge in [-0.15, -0.1) is 0 Å². The second-order valence-corrected chi connectivity index (χ2v) is 2.99. The molecule has 0 aromatic rings. The Morgan fingerprint density at radius 1 is 1.25 bits per heavy atom. The zero-order chi connectivity index (χ0) is 7.21. The molecular weight excluding hydrogens is 120 g/mol. The van der Waals surface area contributed by atoms with E-state index in [-0.39, 0.29) is 0 Å². The largest absolute Gasteiger partial charge is 0.333 e. The molecule has 0 fully saturated rings. The second kappa shape index (κ2) is 4.91. The highest BCUT2D eigenvalue weighted by Gasteiger charge is 1.88. The Balaban J connectivity index is 0. The number of nitrogens with zero attached hydrogens (tertiary/aromatic N) is 1. The molecule has 0 saturated heterocycles. The van der Waals surface area contributed by atoms with Gasteiger partial charge in [0, 0.05) is 0 Å². The number of quaternary nitrogens is 1. The number of nitrogens with one attached hydrogen (secondary N) is 1.